The van der Waals surface area contributed by atoms with E-state index in [-0.39, 0.29) is 38.6 Å². The third kappa shape index (κ3) is 40.7. The van der Waals surface area contributed by atoms with Gasteiger partial charge in [0.1, 0.15) is 13.2 Å². The van der Waals surface area contributed by atoms with Crippen molar-refractivity contribution in [1.29, 1.82) is 0 Å². The summed E-state index contributed by atoms with van der Waals surface area (Å²) >= 11 is 0. The number of quaternary nitrogens is 1. The van der Waals surface area contributed by atoms with Crippen LogP contribution < -0.4 is 0 Å². The van der Waals surface area contributed by atoms with Crippen molar-refractivity contribution in [2.45, 2.75) is 167 Å². The number of carbonyl (C=O) groups excluding carboxylic acids is 2. The molecule has 0 fully saturated rings. The fraction of sp³-hybridized carbons (Fsp3) is 0.688. The molecule has 9 nitrogen and oxygen atoms in total. The summed E-state index contributed by atoms with van der Waals surface area (Å²) in [5, 5.41) is 9.62. The highest BCUT2D eigenvalue weighted by atomic mass is 16.7. The van der Waals surface area contributed by atoms with Gasteiger partial charge in [0.15, 0.2) is 6.10 Å². The minimum absolute atomic E-state index is 0.172. The molecule has 0 aliphatic carbocycles. The lowest BCUT2D eigenvalue weighted by Gasteiger charge is -2.25. The van der Waals surface area contributed by atoms with Crippen molar-refractivity contribution >= 4 is 17.9 Å². The van der Waals surface area contributed by atoms with E-state index in [4.69, 9.17) is 18.9 Å². The van der Waals surface area contributed by atoms with Crippen molar-refractivity contribution in [3.8, 4) is 0 Å². The minimum atomic E-state index is -1.53. The number of hydrogen-bond acceptors (Lipinski definition) is 7. The molecule has 0 aliphatic heterocycles. The van der Waals surface area contributed by atoms with Gasteiger partial charge in [-0.2, -0.15) is 0 Å². The van der Waals surface area contributed by atoms with Crippen LogP contribution in [0.25, 0.3) is 0 Å². The van der Waals surface area contributed by atoms with E-state index in [9.17, 15) is 19.5 Å². The molecular formula is C48H82NO8+. The van der Waals surface area contributed by atoms with E-state index in [0.29, 0.717) is 17.4 Å². The van der Waals surface area contributed by atoms with Crippen LogP contribution >= 0.6 is 0 Å². The summed E-state index contributed by atoms with van der Waals surface area (Å²) < 4.78 is 22.6. The Morgan fingerprint density at radius 1 is 0.544 bits per heavy atom. The van der Waals surface area contributed by atoms with Crippen LogP contribution in [0.5, 0.6) is 0 Å². The number of carboxylic acid groups (broad SMARTS) is 1. The van der Waals surface area contributed by atoms with Gasteiger partial charge < -0.3 is 28.5 Å². The summed E-state index contributed by atoms with van der Waals surface area (Å²) in [6.07, 6.45) is 45.4. The van der Waals surface area contributed by atoms with Crippen molar-refractivity contribution in [1.82, 2.24) is 0 Å². The van der Waals surface area contributed by atoms with Crippen LogP contribution in [0.1, 0.15) is 155 Å². The van der Waals surface area contributed by atoms with Crippen molar-refractivity contribution in [3.05, 3.63) is 72.9 Å². The lowest BCUT2D eigenvalue weighted by atomic mass is 10.1. The quantitative estimate of drug-likeness (QED) is 0.0215. The molecule has 0 aromatic carbocycles. The van der Waals surface area contributed by atoms with Gasteiger partial charge in [0, 0.05) is 12.8 Å². The largest absolute Gasteiger partial charge is 0.477 e. The molecule has 0 heterocycles. The first-order chi connectivity index (χ1) is 27.6. The summed E-state index contributed by atoms with van der Waals surface area (Å²) in [5.74, 6) is -2.11. The number of carboxylic acids is 1. The first-order valence-electron chi connectivity index (χ1n) is 22.1. The van der Waals surface area contributed by atoms with Crippen LogP contribution in [-0.2, 0) is 33.3 Å². The number of allylic oxidation sites excluding steroid dienone is 12. The van der Waals surface area contributed by atoms with Gasteiger partial charge in [0.2, 0.25) is 0 Å². The SMILES string of the molecule is CC/C=C\C/C=C\C/C=C\C/C=C\C/C=C\CCCC(=O)OC(COC(=O)CCCCCCC/C=C\CCCCCCCC)COC(OCC[N+](C)(C)C)C(=O)O. The Labute approximate surface area is 347 Å². The summed E-state index contributed by atoms with van der Waals surface area (Å²) in [6.45, 7) is 4.65. The average molecular weight is 801 g/mol. The Kier molecular flexibility index (Phi) is 37.3. The van der Waals surface area contributed by atoms with E-state index in [2.05, 4.69) is 80.7 Å². The van der Waals surface area contributed by atoms with Gasteiger partial charge in [-0.25, -0.2) is 4.79 Å². The monoisotopic (exact) mass is 801 g/mol. The molecule has 2 atom stereocenters. The summed E-state index contributed by atoms with van der Waals surface area (Å²) in [5.41, 5.74) is 0. The van der Waals surface area contributed by atoms with Crippen LogP contribution in [0, 0.1) is 0 Å². The van der Waals surface area contributed by atoms with Crippen LogP contribution in [-0.4, -0.2) is 87.4 Å². The number of likely N-dealkylation sites (N-methyl/N-ethyl adjacent to an activating group) is 1. The van der Waals surface area contributed by atoms with Crippen LogP contribution in [0.2, 0.25) is 0 Å². The third-order valence-electron chi connectivity index (χ3n) is 8.95. The second kappa shape index (κ2) is 39.6. The zero-order valence-electron chi connectivity index (χ0n) is 36.7. The van der Waals surface area contributed by atoms with E-state index in [1.165, 1.54) is 44.9 Å². The van der Waals surface area contributed by atoms with Gasteiger partial charge in [-0.05, 0) is 77.0 Å². The number of nitrogens with zero attached hydrogens (tertiary/aromatic N) is 1. The van der Waals surface area contributed by atoms with Gasteiger partial charge >= 0.3 is 17.9 Å². The number of hydrogen-bond donors (Lipinski definition) is 1. The molecule has 0 aliphatic rings. The Morgan fingerprint density at radius 2 is 1.02 bits per heavy atom. The van der Waals surface area contributed by atoms with Crippen molar-refractivity contribution in [2.24, 2.45) is 0 Å². The highest BCUT2D eigenvalue weighted by molar-refractivity contribution is 5.71. The number of carbonyl (C=O) groups is 3. The number of aliphatic carboxylic acids is 1. The maximum absolute atomic E-state index is 12.7. The number of rotatable bonds is 39. The lowest BCUT2D eigenvalue weighted by Crippen LogP contribution is -2.40. The molecule has 0 rings (SSSR count). The number of unbranched alkanes of at least 4 members (excludes halogenated alkanes) is 12. The molecular weight excluding hydrogens is 719 g/mol. The molecule has 0 spiro atoms. The fourth-order valence-electron chi connectivity index (χ4n) is 5.51. The predicted molar refractivity (Wildman–Crippen MR) is 235 cm³/mol. The Bertz CT molecular complexity index is 1160. The average Bonchev–Trinajstić information content (AvgIpc) is 3.17. The fourth-order valence-corrected chi connectivity index (χ4v) is 5.51. The molecule has 57 heavy (non-hydrogen) atoms. The van der Waals surface area contributed by atoms with E-state index >= 15 is 0 Å². The highest BCUT2D eigenvalue weighted by Crippen LogP contribution is 2.12. The smallest absolute Gasteiger partial charge is 0.361 e. The zero-order chi connectivity index (χ0) is 42.1. The predicted octanol–water partition coefficient (Wildman–Crippen LogP) is 11.6. The van der Waals surface area contributed by atoms with Gasteiger partial charge in [-0.1, -0.05) is 138 Å². The first-order valence-corrected chi connectivity index (χ1v) is 22.1. The van der Waals surface area contributed by atoms with Gasteiger partial charge in [-0.15, -0.1) is 0 Å². The van der Waals surface area contributed by atoms with E-state index in [1.54, 1.807) is 0 Å². The van der Waals surface area contributed by atoms with E-state index < -0.39 is 24.3 Å². The second-order valence-electron chi connectivity index (χ2n) is 15.6. The van der Waals surface area contributed by atoms with Crippen LogP contribution in [0.15, 0.2) is 72.9 Å². The topological polar surface area (TPSA) is 108 Å². The number of ether oxygens (including phenoxy) is 4. The first kappa shape index (κ1) is 53.7. The Morgan fingerprint density at radius 3 is 1.56 bits per heavy atom. The minimum Gasteiger partial charge on any atom is -0.477 e. The second-order valence-corrected chi connectivity index (χ2v) is 15.6. The molecule has 0 radical (unpaired) electrons. The van der Waals surface area contributed by atoms with Crippen molar-refractivity contribution in [3.63, 3.8) is 0 Å². The van der Waals surface area contributed by atoms with Crippen LogP contribution in [0.3, 0.4) is 0 Å². The maximum Gasteiger partial charge on any atom is 0.361 e. The van der Waals surface area contributed by atoms with Gasteiger partial charge in [-0.3, -0.25) is 9.59 Å². The normalized spacial score (nSPS) is 13.6. The van der Waals surface area contributed by atoms with Gasteiger partial charge in [0.25, 0.3) is 6.29 Å². The standard InChI is InChI=1S/C48H81NO8/c1-6-8-10-12-14-16-18-20-22-23-25-27-29-31-33-35-37-39-46(51)57-44(43-56-48(47(52)53)54-41-40-49(3,4)5)42-55-45(50)38-36-34-32-30-28-26-24-21-19-17-15-13-11-9-7-2/h8,10,14,16,20-22,24-25,27,31,33,44,48H,6-7,9,11-13,15,17-19,23,26,28-30,32,34-43H2,1-5H3/p+1/b10-8-,16-14-,22-20-,24-21-,27-25-,33-31-. The molecule has 0 aromatic rings. The number of esters is 2. The van der Waals surface area contributed by atoms with Crippen molar-refractivity contribution < 1.29 is 42.9 Å². The highest BCUT2D eigenvalue weighted by Gasteiger charge is 2.25. The van der Waals surface area contributed by atoms with Gasteiger partial charge in [0.05, 0.1) is 34.4 Å². The summed E-state index contributed by atoms with van der Waals surface area (Å²) in [7, 11) is 5.92. The molecule has 326 valence electrons. The van der Waals surface area contributed by atoms with Crippen LogP contribution in [0.4, 0.5) is 0 Å². The van der Waals surface area contributed by atoms with E-state index in [1.807, 2.05) is 27.2 Å². The molecule has 2 unspecified atom stereocenters. The molecule has 0 saturated carbocycles. The third-order valence-corrected chi connectivity index (χ3v) is 8.95. The lowest BCUT2D eigenvalue weighted by molar-refractivity contribution is -0.870. The molecule has 0 saturated heterocycles. The maximum atomic E-state index is 12.7. The molecule has 9 heteroatoms. The molecule has 0 amide bonds. The molecule has 1 N–H and O–H groups in total. The van der Waals surface area contributed by atoms with E-state index in [0.717, 1.165) is 77.0 Å². The summed E-state index contributed by atoms with van der Waals surface area (Å²) in [4.78, 5) is 37.1. The Balaban J connectivity index is 4.58. The molecule has 0 aromatic heterocycles. The molecule has 0 bridgehead atoms. The summed E-state index contributed by atoms with van der Waals surface area (Å²) in [6, 6.07) is 0. The zero-order valence-corrected chi connectivity index (χ0v) is 36.7. The van der Waals surface area contributed by atoms with Crippen molar-refractivity contribution in [2.75, 3.05) is 47.5 Å². The Hall–Kier alpha value is -3.27.